The van der Waals surface area contributed by atoms with Crippen LogP contribution in [0.5, 0.6) is 5.75 Å². The van der Waals surface area contributed by atoms with Gasteiger partial charge < -0.3 is 14.6 Å². The Kier molecular flexibility index (Phi) is 5.73. The predicted octanol–water partition coefficient (Wildman–Crippen LogP) is 3.99. The molecule has 0 saturated carbocycles. The minimum atomic E-state index is -0.393. The van der Waals surface area contributed by atoms with Gasteiger partial charge in [-0.25, -0.2) is 4.39 Å². The second-order valence-corrected chi connectivity index (χ2v) is 9.65. The van der Waals surface area contributed by atoms with Crippen molar-refractivity contribution in [2.45, 2.75) is 32.4 Å². The SMILES string of the molecule is C=CC(=O)N1CCN2N=C(c3[nH]c(=O)c4ccsc4c3-c3ccc(F)cc3OC(C)C)CC2C1. The molecule has 176 valence electrons. The van der Waals surface area contributed by atoms with Crippen molar-refractivity contribution in [3.05, 3.63) is 64.2 Å². The lowest BCUT2D eigenvalue weighted by molar-refractivity contribution is -0.128. The van der Waals surface area contributed by atoms with Crippen LogP contribution in [0.15, 0.2) is 52.2 Å². The standard InChI is InChI=1S/C25H25FN4O3S/c1-4-21(31)29-8-9-30-16(13-29)12-19(28-30)23-22(24-18(7-10-34-24)25(32)27-23)17-6-5-15(26)11-20(17)33-14(2)3/h4-7,10-11,14,16H,1,8-9,12-13H2,2-3H3,(H,27,32). The summed E-state index contributed by atoms with van der Waals surface area (Å²) in [6.45, 7) is 9.07. The van der Waals surface area contributed by atoms with Crippen molar-refractivity contribution >= 4 is 33.0 Å². The molecule has 2 aliphatic rings. The Labute approximate surface area is 200 Å². The summed E-state index contributed by atoms with van der Waals surface area (Å²) in [6, 6.07) is 6.27. The lowest BCUT2D eigenvalue weighted by Crippen LogP contribution is -2.50. The summed E-state index contributed by atoms with van der Waals surface area (Å²) in [6.07, 6.45) is 1.75. The maximum atomic E-state index is 14.2. The first kappa shape index (κ1) is 22.3. The molecule has 0 aliphatic carbocycles. The highest BCUT2D eigenvalue weighted by molar-refractivity contribution is 7.17. The van der Waals surface area contributed by atoms with E-state index in [-0.39, 0.29) is 23.6 Å². The molecular weight excluding hydrogens is 455 g/mol. The molecule has 1 aromatic carbocycles. The molecule has 34 heavy (non-hydrogen) atoms. The summed E-state index contributed by atoms with van der Waals surface area (Å²) in [5.41, 5.74) is 2.62. The number of nitrogens with zero attached hydrogens (tertiary/aromatic N) is 3. The number of fused-ring (bicyclic) bond motifs is 2. The van der Waals surface area contributed by atoms with Crippen LogP contribution in [0.1, 0.15) is 26.0 Å². The molecule has 1 N–H and O–H groups in total. The number of ether oxygens (including phenoxy) is 1. The molecule has 9 heteroatoms. The van der Waals surface area contributed by atoms with Crippen LogP contribution in [0.4, 0.5) is 4.39 Å². The molecule has 2 aliphatic heterocycles. The first-order chi connectivity index (χ1) is 16.4. The van der Waals surface area contributed by atoms with E-state index >= 15 is 0 Å². The van der Waals surface area contributed by atoms with Crippen LogP contribution >= 0.6 is 11.3 Å². The van der Waals surface area contributed by atoms with Gasteiger partial charge in [-0.15, -0.1) is 11.3 Å². The minimum absolute atomic E-state index is 0.0163. The molecule has 4 heterocycles. The van der Waals surface area contributed by atoms with Gasteiger partial charge in [0.15, 0.2) is 0 Å². The van der Waals surface area contributed by atoms with Gasteiger partial charge >= 0.3 is 0 Å². The number of amides is 1. The average Bonchev–Trinajstić information content (AvgIpc) is 3.46. The summed E-state index contributed by atoms with van der Waals surface area (Å²) < 4.78 is 20.9. The van der Waals surface area contributed by atoms with E-state index in [4.69, 9.17) is 9.84 Å². The Hall–Kier alpha value is -3.46. The monoisotopic (exact) mass is 480 g/mol. The molecule has 1 atom stereocenters. The third-order valence-corrected chi connectivity index (χ3v) is 7.04. The first-order valence-corrected chi connectivity index (χ1v) is 12.1. The topological polar surface area (TPSA) is 78.0 Å². The number of nitrogens with one attached hydrogen (secondary N) is 1. The van der Waals surface area contributed by atoms with Crippen molar-refractivity contribution in [3.63, 3.8) is 0 Å². The summed E-state index contributed by atoms with van der Waals surface area (Å²) >= 11 is 1.46. The van der Waals surface area contributed by atoms with E-state index in [1.807, 2.05) is 24.2 Å². The molecule has 7 nitrogen and oxygen atoms in total. The van der Waals surface area contributed by atoms with Crippen molar-refractivity contribution in [1.29, 1.82) is 0 Å². The van der Waals surface area contributed by atoms with Crippen molar-refractivity contribution in [2.24, 2.45) is 5.10 Å². The molecule has 1 saturated heterocycles. The number of aromatic amines is 1. The lowest BCUT2D eigenvalue weighted by Gasteiger charge is -2.36. The zero-order valence-electron chi connectivity index (χ0n) is 19.0. The van der Waals surface area contributed by atoms with E-state index in [9.17, 15) is 14.0 Å². The number of benzene rings is 1. The van der Waals surface area contributed by atoms with E-state index < -0.39 is 5.82 Å². The molecule has 5 rings (SSSR count). The third kappa shape index (κ3) is 3.90. The van der Waals surface area contributed by atoms with Crippen LogP contribution in [0.25, 0.3) is 21.2 Å². The molecule has 1 fully saturated rings. The number of hydrazone groups is 1. The molecule has 1 unspecified atom stereocenters. The number of carbonyl (C=O) groups excluding carboxylic acids is 1. The lowest BCUT2D eigenvalue weighted by atomic mass is 9.96. The largest absolute Gasteiger partial charge is 0.490 e. The van der Waals surface area contributed by atoms with E-state index in [2.05, 4.69) is 11.6 Å². The number of thiophene rings is 1. The maximum Gasteiger partial charge on any atom is 0.257 e. The molecule has 2 aromatic heterocycles. The Bertz CT molecular complexity index is 1380. The van der Waals surface area contributed by atoms with Crippen LogP contribution in [0.2, 0.25) is 0 Å². The number of carbonyl (C=O) groups is 1. The zero-order valence-corrected chi connectivity index (χ0v) is 19.8. The quantitative estimate of drug-likeness (QED) is 0.560. The minimum Gasteiger partial charge on any atom is -0.490 e. The van der Waals surface area contributed by atoms with Gasteiger partial charge in [0.1, 0.15) is 11.6 Å². The predicted molar refractivity (Wildman–Crippen MR) is 132 cm³/mol. The Morgan fingerprint density at radius 1 is 1.35 bits per heavy atom. The van der Waals surface area contributed by atoms with Crippen LogP contribution in [0, 0.1) is 5.82 Å². The maximum absolute atomic E-state index is 14.2. The molecule has 0 spiro atoms. The normalized spacial score (nSPS) is 17.8. The zero-order chi connectivity index (χ0) is 24.0. The molecule has 0 bridgehead atoms. The Balaban J connectivity index is 1.64. The Morgan fingerprint density at radius 2 is 2.18 bits per heavy atom. The van der Waals surface area contributed by atoms with Crippen molar-refractivity contribution < 1.29 is 13.9 Å². The highest BCUT2D eigenvalue weighted by Gasteiger charge is 2.35. The van der Waals surface area contributed by atoms with Crippen LogP contribution in [-0.2, 0) is 4.79 Å². The highest BCUT2D eigenvalue weighted by atomic mass is 32.1. The molecular formula is C25H25FN4O3S. The third-order valence-electron chi connectivity index (χ3n) is 6.11. The van der Waals surface area contributed by atoms with Gasteiger partial charge in [-0.1, -0.05) is 6.58 Å². The molecule has 3 aromatic rings. The number of hydrogen-bond acceptors (Lipinski definition) is 6. The number of halogens is 1. The summed E-state index contributed by atoms with van der Waals surface area (Å²) in [5.74, 6) is -0.0730. The van der Waals surface area contributed by atoms with Gasteiger partial charge in [-0.05, 0) is 43.5 Å². The van der Waals surface area contributed by atoms with E-state index in [0.717, 1.165) is 16.0 Å². The van der Waals surface area contributed by atoms with Gasteiger partial charge in [-0.2, -0.15) is 5.10 Å². The molecule has 1 amide bonds. The van der Waals surface area contributed by atoms with E-state index in [0.29, 0.717) is 48.4 Å². The van der Waals surface area contributed by atoms with Crippen LogP contribution in [0.3, 0.4) is 0 Å². The first-order valence-electron chi connectivity index (χ1n) is 11.2. The Morgan fingerprint density at radius 3 is 2.94 bits per heavy atom. The van der Waals surface area contributed by atoms with Crippen molar-refractivity contribution in [1.82, 2.24) is 14.9 Å². The second kappa shape index (κ2) is 8.72. The van der Waals surface area contributed by atoms with E-state index in [1.54, 1.807) is 17.0 Å². The fraction of sp³-hybridized carbons (Fsp3) is 0.320. The second-order valence-electron chi connectivity index (χ2n) is 8.73. The van der Waals surface area contributed by atoms with E-state index in [1.165, 1.54) is 29.5 Å². The highest BCUT2D eigenvalue weighted by Crippen LogP contribution is 2.40. The number of H-pyrrole nitrogens is 1. The van der Waals surface area contributed by atoms with Crippen LogP contribution < -0.4 is 10.3 Å². The van der Waals surface area contributed by atoms with Gasteiger partial charge in [0.25, 0.3) is 5.56 Å². The number of hydrogen-bond donors (Lipinski definition) is 1. The number of aromatic nitrogens is 1. The molecule has 0 radical (unpaired) electrons. The summed E-state index contributed by atoms with van der Waals surface area (Å²) in [5, 5.41) is 9.26. The average molecular weight is 481 g/mol. The number of piperazine rings is 1. The summed E-state index contributed by atoms with van der Waals surface area (Å²) in [4.78, 5) is 29.9. The summed E-state index contributed by atoms with van der Waals surface area (Å²) in [7, 11) is 0. The van der Waals surface area contributed by atoms with Crippen LogP contribution in [-0.4, -0.2) is 58.3 Å². The van der Waals surface area contributed by atoms with Crippen molar-refractivity contribution in [3.8, 4) is 16.9 Å². The number of rotatable bonds is 5. The fourth-order valence-electron chi connectivity index (χ4n) is 4.61. The van der Waals surface area contributed by atoms with Gasteiger partial charge in [-0.3, -0.25) is 14.6 Å². The van der Waals surface area contributed by atoms with Gasteiger partial charge in [0.2, 0.25) is 5.91 Å². The fourth-order valence-corrected chi connectivity index (χ4v) is 5.57. The van der Waals surface area contributed by atoms with Gasteiger partial charge in [0, 0.05) is 41.4 Å². The smallest absolute Gasteiger partial charge is 0.257 e. The number of pyridine rings is 1. The van der Waals surface area contributed by atoms with Crippen molar-refractivity contribution in [2.75, 3.05) is 19.6 Å². The van der Waals surface area contributed by atoms with Gasteiger partial charge in [0.05, 0.1) is 35.5 Å².